The molecule has 0 radical (unpaired) electrons. The number of hydrogen-bond donors (Lipinski definition) is 2. The fourth-order valence-electron chi connectivity index (χ4n) is 2.88. The first-order valence-electron chi connectivity index (χ1n) is 10.0. The molecule has 0 saturated carbocycles. The van der Waals surface area contributed by atoms with Gasteiger partial charge in [-0.15, -0.1) is 0 Å². The zero-order valence-electron chi connectivity index (χ0n) is 17.7. The van der Waals surface area contributed by atoms with Crippen LogP contribution in [0.5, 0.6) is 0 Å². The fourth-order valence-corrected chi connectivity index (χ4v) is 6.39. The predicted molar refractivity (Wildman–Crippen MR) is 119 cm³/mol. The summed E-state index contributed by atoms with van der Waals surface area (Å²) in [6.45, 7) is 6.25. The molecule has 30 heavy (non-hydrogen) atoms. The molecule has 0 bridgehead atoms. The predicted octanol–water partition coefficient (Wildman–Crippen LogP) is 3.70. The average molecular weight is 455 g/mol. The normalized spacial score (nSPS) is 13.3. The van der Waals surface area contributed by atoms with Crippen LogP contribution in [0.4, 0.5) is 0 Å². The van der Waals surface area contributed by atoms with Crippen LogP contribution in [0.2, 0.25) is 0 Å². The van der Waals surface area contributed by atoms with Crippen LogP contribution in [-0.4, -0.2) is 40.5 Å². The molecule has 0 aromatic heterocycles. The van der Waals surface area contributed by atoms with Crippen molar-refractivity contribution in [3.8, 4) is 0 Å². The van der Waals surface area contributed by atoms with E-state index in [0.717, 1.165) is 17.5 Å². The lowest BCUT2D eigenvalue weighted by molar-refractivity contribution is 0.209. The molecular formula is C21H31N2O5PS. The van der Waals surface area contributed by atoms with Crippen LogP contribution < -0.4 is 10.0 Å². The van der Waals surface area contributed by atoms with E-state index in [1.165, 1.54) is 12.1 Å². The van der Waals surface area contributed by atoms with Crippen molar-refractivity contribution < 1.29 is 22.0 Å². The summed E-state index contributed by atoms with van der Waals surface area (Å²) in [7, 11) is -7.63. The first-order valence-corrected chi connectivity index (χ1v) is 13.1. The summed E-state index contributed by atoms with van der Waals surface area (Å²) in [5.74, 6) is -1.06. The minimum absolute atomic E-state index is 0.0990. The molecule has 2 N–H and O–H groups in total. The maximum Gasteiger partial charge on any atom is 0.349 e. The van der Waals surface area contributed by atoms with Gasteiger partial charge in [0, 0.05) is 6.54 Å². The van der Waals surface area contributed by atoms with E-state index in [9.17, 15) is 13.0 Å². The van der Waals surface area contributed by atoms with E-state index in [2.05, 4.69) is 10.0 Å². The van der Waals surface area contributed by atoms with Crippen molar-refractivity contribution in [2.45, 2.75) is 37.9 Å². The van der Waals surface area contributed by atoms with Crippen LogP contribution in [0.1, 0.15) is 25.0 Å². The molecule has 2 aromatic rings. The van der Waals surface area contributed by atoms with Gasteiger partial charge in [0.1, 0.15) is 5.78 Å². The molecule has 0 aliphatic rings. The first kappa shape index (κ1) is 24.7. The Balaban J connectivity index is 2.15. The van der Waals surface area contributed by atoms with E-state index in [1.54, 1.807) is 26.0 Å². The molecule has 0 unspecified atom stereocenters. The fraction of sp³-hybridized carbons (Fsp3) is 0.429. The lowest BCUT2D eigenvalue weighted by atomic mass is 10.1. The average Bonchev–Trinajstić information content (AvgIpc) is 2.71. The minimum Gasteiger partial charge on any atom is -0.314 e. The Morgan fingerprint density at radius 3 is 2.13 bits per heavy atom. The van der Waals surface area contributed by atoms with Gasteiger partial charge in [-0.05, 0) is 51.4 Å². The molecule has 2 aromatic carbocycles. The van der Waals surface area contributed by atoms with Gasteiger partial charge in [0.25, 0.3) is 0 Å². The third kappa shape index (κ3) is 7.30. The third-order valence-electron chi connectivity index (χ3n) is 4.39. The third-order valence-corrected chi connectivity index (χ3v) is 8.37. The first-order chi connectivity index (χ1) is 14.3. The Kier molecular flexibility index (Phi) is 9.68. The molecule has 0 spiro atoms. The zero-order valence-corrected chi connectivity index (χ0v) is 19.4. The van der Waals surface area contributed by atoms with Crippen molar-refractivity contribution in [2.24, 2.45) is 0 Å². The number of benzene rings is 2. The van der Waals surface area contributed by atoms with E-state index >= 15 is 0 Å². The molecule has 2 rings (SSSR count). The zero-order chi connectivity index (χ0) is 22.0. The van der Waals surface area contributed by atoms with Gasteiger partial charge < -0.3 is 14.4 Å². The topological polar surface area (TPSA) is 93.7 Å². The number of sulfonamides is 1. The van der Waals surface area contributed by atoms with Crippen molar-refractivity contribution in [3.63, 3.8) is 0 Å². The van der Waals surface area contributed by atoms with Crippen LogP contribution in [-0.2, 0) is 30.1 Å². The molecule has 0 aliphatic heterocycles. The lowest BCUT2D eigenvalue weighted by Crippen LogP contribution is -2.43. The molecule has 9 heteroatoms. The highest BCUT2D eigenvalue weighted by atomic mass is 32.2. The summed E-state index contributed by atoms with van der Waals surface area (Å²) < 4.78 is 52.5. The van der Waals surface area contributed by atoms with Crippen molar-refractivity contribution in [2.75, 3.05) is 26.3 Å². The Morgan fingerprint density at radius 2 is 1.57 bits per heavy atom. The standard InChI is InChI=1S/C21H31N2O5PS/c1-4-27-29(24,28-5-2)21(17-22-16-15-19-9-7-6-8-10-19)23-30(25,26)20-13-11-18(3)12-14-20/h6-14,21-23H,4-5,15-17H2,1-3H3/t21-/m0/s1. The van der Waals surface area contributed by atoms with E-state index in [-0.39, 0.29) is 24.7 Å². The van der Waals surface area contributed by atoms with Crippen LogP contribution in [0.3, 0.4) is 0 Å². The molecule has 1 atom stereocenters. The van der Waals surface area contributed by atoms with Crippen LogP contribution in [0, 0.1) is 6.92 Å². The van der Waals surface area contributed by atoms with Gasteiger partial charge in [-0.3, -0.25) is 4.57 Å². The largest absolute Gasteiger partial charge is 0.349 e. The smallest absolute Gasteiger partial charge is 0.314 e. The molecule has 0 amide bonds. The van der Waals surface area contributed by atoms with Gasteiger partial charge in [-0.2, -0.15) is 4.72 Å². The van der Waals surface area contributed by atoms with Crippen molar-refractivity contribution in [1.82, 2.24) is 10.0 Å². The molecule has 0 fully saturated rings. The highest BCUT2D eigenvalue weighted by Crippen LogP contribution is 2.52. The van der Waals surface area contributed by atoms with Gasteiger partial charge in [0.05, 0.1) is 18.1 Å². The molecule has 7 nitrogen and oxygen atoms in total. The van der Waals surface area contributed by atoms with E-state index in [1.807, 2.05) is 37.3 Å². The molecule has 0 aliphatic carbocycles. The van der Waals surface area contributed by atoms with Gasteiger partial charge in [-0.1, -0.05) is 48.0 Å². The van der Waals surface area contributed by atoms with E-state index < -0.39 is 23.4 Å². The summed E-state index contributed by atoms with van der Waals surface area (Å²) in [4.78, 5) is 0.0990. The Labute approximate surface area is 179 Å². The summed E-state index contributed by atoms with van der Waals surface area (Å²) in [5, 5.41) is 3.18. The SMILES string of the molecule is CCOP(=O)(OCC)[C@@H](CNCCc1ccccc1)NS(=O)(=O)c1ccc(C)cc1. The maximum atomic E-state index is 13.3. The monoisotopic (exact) mass is 454 g/mol. The minimum atomic E-state index is -3.91. The van der Waals surface area contributed by atoms with Gasteiger partial charge >= 0.3 is 7.60 Å². The second-order valence-corrected chi connectivity index (χ2v) is 10.7. The van der Waals surface area contributed by atoms with E-state index in [0.29, 0.717) is 6.54 Å². The number of aryl methyl sites for hydroxylation is 1. The van der Waals surface area contributed by atoms with Crippen LogP contribution in [0.25, 0.3) is 0 Å². The second-order valence-electron chi connectivity index (χ2n) is 6.77. The summed E-state index contributed by atoms with van der Waals surface area (Å²) in [6, 6.07) is 16.4. The highest BCUT2D eigenvalue weighted by Gasteiger charge is 2.38. The van der Waals surface area contributed by atoms with Crippen molar-refractivity contribution in [3.05, 3.63) is 65.7 Å². The molecular weight excluding hydrogens is 423 g/mol. The molecule has 0 heterocycles. The van der Waals surface area contributed by atoms with Gasteiger partial charge in [0.15, 0.2) is 0 Å². The van der Waals surface area contributed by atoms with Crippen molar-refractivity contribution in [1.29, 1.82) is 0 Å². The second kappa shape index (κ2) is 11.7. The Bertz CT molecular complexity index is 910. The van der Waals surface area contributed by atoms with Crippen molar-refractivity contribution >= 4 is 17.6 Å². The van der Waals surface area contributed by atoms with E-state index in [4.69, 9.17) is 9.05 Å². The summed E-state index contributed by atoms with van der Waals surface area (Å²) in [5.41, 5.74) is 2.10. The number of rotatable bonds is 13. The highest BCUT2D eigenvalue weighted by molar-refractivity contribution is 7.89. The quantitative estimate of drug-likeness (QED) is 0.354. The number of hydrogen-bond acceptors (Lipinski definition) is 6. The number of nitrogens with one attached hydrogen (secondary N) is 2. The van der Waals surface area contributed by atoms with Crippen LogP contribution >= 0.6 is 7.60 Å². The summed E-state index contributed by atoms with van der Waals surface area (Å²) >= 11 is 0. The molecule has 0 saturated heterocycles. The Morgan fingerprint density at radius 1 is 0.967 bits per heavy atom. The van der Waals surface area contributed by atoms with Gasteiger partial charge in [-0.25, -0.2) is 8.42 Å². The maximum absolute atomic E-state index is 13.3. The van der Waals surface area contributed by atoms with Gasteiger partial charge in [0.2, 0.25) is 10.0 Å². The van der Waals surface area contributed by atoms with Crippen LogP contribution in [0.15, 0.2) is 59.5 Å². The summed E-state index contributed by atoms with van der Waals surface area (Å²) in [6.07, 6.45) is 0.756. The lowest BCUT2D eigenvalue weighted by Gasteiger charge is -2.27. The Hall–Kier alpha value is -1.54. The molecule has 166 valence electrons.